The number of carboxylic acids is 1. The van der Waals surface area contributed by atoms with Gasteiger partial charge in [-0.2, -0.15) is 0 Å². The number of halogens is 1. The average Bonchev–Trinajstić information content (AvgIpc) is 2.21. The summed E-state index contributed by atoms with van der Waals surface area (Å²) in [6.07, 6.45) is 0. The molecule has 0 amide bonds. The minimum Gasteiger partial charge on any atom is -0.494 e. The predicted octanol–water partition coefficient (Wildman–Crippen LogP) is 1.12. The summed E-state index contributed by atoms with van der Waals surface area (Å²) in [7, 11) is 2.43. The van der Waals surface area contributed by atoms with Crippen LogP contribution in [0.4, 0.5) is 10.1 Å². The molecule has 15 heavy (non-hydrogen) atoms. The third-order valence-electron chi connectivity index (χ3n) is 1.87. The van der Waals surface area contributed by atoms with Gasteiger partial charge in [0.1, 0.15) is 11.3 Å². The summed E-state index contributed by atoms with van der Waals surface area (Å²) < 4.78 is 22.7. The van der Waals surface area contributed by atoms with E-state index in [2.05, 4.69) is 4.74 Å². The summed E-state index contributed by atoms with van der Waals surface area (Å²) in [5, 5.41) is 8.82. The first kappa shape index (κ1) is 11.1. The van der Waals surface area contributed by atoms with Crippen LogP contribution in [0.2, 0.25) is 0 Å². The Bertz CT molecular complexity index is 406. The van der Waals surface area contributed by atoms with E-state index >= 15 is 0 Å². The Kier molecular flexibility index (Phi) is 2.99. The van der Waals surface area contributed by atoms with Gasteiger partial charge in [-0.3, -0.25) is 0 Å². The van der Waals surface area contributed by atoms with Crippen molar-refractivity contribution in [2.75, 3.05) is 20.0 Å². The highest BCUT2D eigenvalue weighted by molar-refractivity contribution is 5.94. The van der Waals surface area contributed by atoms with E-state index < -0.39 is 11.8 Å². The molecule has 0 unspecified atom stereocenters. The number of hydrogen-bond donors (Lipinski definition) is 2. The van der Waals surface area contributed by atoms with Crippen LogP contribution in [0.3, 0.4) is 0 Å². The van der Waals surface area contributed by atoms with Gasteiger partial charge in [0.25, 0.3) is 0 Å². The molecule has 0 radical (unpaired) electrons. The highest BCUT2D eigenvalue weighted by Gasteiger charge is 2.21. The smallest absolute Gasteiger partial charge is 0.339 e. The van der Waals surface area contributed by atoms with Gasteiger partial charge in [0.05, 0.1) is 14.2 Å². The third-order valence-corrected chi connectivity index (χ3v) is 1.87. The van der Waals surface area contributed by atoms with Gasteiger partial charge in [-0.05, 0) is 0 Å². The maximum absolute atomic E-state index is 13.4. The lowest BCUT2D eigenvalue weighted by Gasteiger charge is -2.11. The minimum atomic E-state index is -1.27. The van der Waals surface area contributed by atoms with Gasteiger partial charge in [0.15, 0.2) is 17.3 Å². The Balaban J connectivity index is 3.51. The van der Waals surface area contributed by atoms with Crippen molar-refractivity contribution in [2.24, 2.45) is 0 Å². The third kappa shape index (κ3) is 1.78. The lowest BCUT2D eigenvalue weighted by molar-refractivity contribution is 0.0693. The van der Waals surface area contributed by atoms with Gasteiger partial charge in [0.2, 0.25) is 0 Å². The van der Waals surface area contributed by atoms with Crippen molar-refractivity contribution >= 4 is 11.7 Å². The first-order valence-corrected chi connectivity index (χ1v) is 3.96. The van der Waals surface area contributed by atoms with E-state index in [1.165, 1.54) is 14.2 Å². The van der Waals surface area contributed by atoms with Crippen molar-refractivity contribution in [3.05, 3.63) is 17.4 Å². The molecule has 0 aliphatic carbocycles. The Hall–Kier alpha value is -1.98. The Morgan fingerprint density at radius 1 is 1.47 bits per heavy atom. The summed E-state index contributed by atoms with van der Waals surface area (Å²) >= 11 is 0. The van der Waals surface area contributed by atoms with Gasteiger partial charge >= 0.3 is 5.97 Å². The molecule has 82 valence electrons. The Labute approximate surface area is 85.2 Å². The number of methoxy groups -OCH3 is 2. The van der Waals surface area contributed by atoms with Crippen molar-refractivity contribution in [1.29, 1.82) is 0 Å². The summed E-state index contributed by atoms with van der Waals surface area (Å²) in [4.78, 5) is 10.8. The first-order valence-electron chi connectivity index (χ1n) is 3.96. The molecule has 5 nitrogen and oxygen atoms in total. The van der Waals surface area contributed by atoms with Crippen LogP contribution in [0.15, 0.2) is 6.07 Å². The highest BCUT2D eigenvalue weighted by Crippen LogP contribution is 2.35. The number of anilines is 1. The molecule has 0 saturated heterocycles. The maximum Gasteiger partial charge on any atom is 0.339 e. The number of ether oxygens (including phenoxy) is 2. The SMILES string of the molecule is COc1cc(C(=O)O)c(OC)c(N)c1F. The number of nitrogen functional groups attached to an aromatic ring is 1. The van der Waals surface area contributed by atoms with Crippen LogP contribution in [0, 0.1) is 5.82 Å². The second-order valence-corrected chi connectivity index (χ2v) is 2.69. The fourth-order valence-electron chi connectivity index (χ4n) is 1.16. The predicted molar refractivity (Wildman–Crippen MR) is 50.9 cm³/mol. The number of carboxylic acid groups (broad SMARTS) is 1. The van der Waals surface area contributed by atoms with Gasteiger partial charge in [-0.15, -0.1) is 0 Å². The highest BCUT2D eigenvalue weighted by atomic mass is 19.1. The lowest BCUT2D eigenvalue weighted by Crippen LogP contribution is -2.07. The molecule has 0 spiro atoms. The monoisotopic (exact) mass is 215 g/mol. The summed E-state index contributed by atoms with van der Waals surface area (Å²) in [5.41, 5.74) is 4.74. The van der Waals surface area contributed by atoms with Gasteiger partial charge < -0.3 is 20.3 Å². The molecule has 1 aromatic rings. The number of carbonyl (C=O) groups is 1. The van der Waals surface area contributed by atoms with E-state index in [-0.39, 0.29) is 22.7 Å². The molecular weight excluding hydrogens is 205 g/mol. The summed E-state index contributed by atoms with van der Waals surface area (Å²) in [6.45, 7) is 0. The fraction of sp³-hybridized carbons (Fsp3) is 0.222. The molecule has 0 atom stereocenters. The van der Waals surface area contributed by atoms with Crippen LogP contribution in [-0.2, 0) is 0 Å². The van der Waals surface area contributed by atoms with Crippen LogP contribution >= 0.6 is 0 Å². The first-order chi connectivity index (χ1) is 7.02. The topological polar surface area (TPSA) is 81.8 Å². The van der Waals surface area contributed by atoms with Crippen molar-refractivity contribution < 1.29 is 23.8 Å². The van der Waals surface area contributed by atoms with E-state index in [9.17, 15) is 9.18 Å². The number of nitrogens with two attached hydrogens (primary N) is 1. The fourth-order valence-corrected chi connectivity index (χ4v) is 1.16. The molecule has 1 aromatic carbocycles. The average molecular weight is 215 g/mol. The number of benzene rings is 1. The zero-order valence-electron chi connectivity index (χ0n) is 8.20. The maximum atomic E-state index is 13.4. The quantitative estimate of drug-likeness (QED) is 0.738. The van der Waals surface area contributed by atoms with E-state index in [1.54, 1.807) is 0 Å². The standard InChI is InChI=1S/C9H10FNO4/c1-14-5-3-4(9(12)13)8(15-2)7(11)6(5)10/h3H,11H2,1-2H3,(H,12,13). The van der Waals surface area contributed by atoms with Crippen molar-refractivity contribution in [3.63, 3.8) is 0 Å². The summed E-state index contributed by atoms with van der Waals surface area (Å²) in [5.74, 6) is -2.54. The van der Waals surface area contributed by atoms with Crippen LogP contribution in [0.1, 0.15) is 10.4 Å². The second-order valence-electron chi connectivity index (χ2n) is 2.69. The van der Waals surface area contributed by atoms with Gasteiger partial charge in [-0.1, -0.05) is 0 Å². The van der Waals surface area contributed by atoms with Crippen LogP contribution in [0.5, 0.6) is 11.5 Å². The molecule has 1 rings (SSSR count). The van der Waals surface area contributed by atoms with Crippen LogP contribution in [0.25, 0.3) is 0 Å². The number of hydrogen-bond acceptors (Lipinski definition) is 4. The zero-order chi connectivity index (χ0) is 11.6. The van der Waals surface area contributed by atoms with Crippen molar-refractivity contribution in [3.8, 4) is 11.5 Å². The molecule has 3 N–H and O–H groups in total. The van der Waals surface area contributed by atoms with Crippen LogP contribution in [-0.4, -0.2) is 25.3 Å². The molecule has 0 aromatic heterocycles. The largest absolute Gasteiger partial charge is 0.494 e. The Morgan fingerprint density at radius 3 is 2.47 bits per heavy atom. The summed E-state index contributed by atoms with van der Waals surface area (Å²) in [6, 6.07) is 1.02. The number of rotatable bonds is 3. The number of aromatic carboxylic acids is 1. The van der Waals surface area contributed by atoms with Crippen LogP contribution < -0.4 is 15.2 Å². The Morgan fingerprint density at radius 2 is 2.07 bits per heavy atom. The van der Waals surface area contributed by atoms with Crippen molar-refractivity contribution in [2.45, 2.75) is 0 Å². The molecule has 0 aliphatic rings. The normalized spacial score (nSPS) is 9.80. The molecule has 0 aliphatic heterocycles. The van der Waals surface area contributed by atoms with E-state index in [4.69, 9.17) is 15.6 Å². The van der Waals surface area contributed by atoms with E-state index in [0.717, 1.165) is 6.07 Å². The van der Waals surface area contributed by atoms with Gasteiger partial charge in [0, 0.05) is 6.07 Å². The van der Waals surface area contributed by atoms with E-state index in [0.29, 0.717) is 0 Å². The molecule has 6 heteroatoms. The van der Waals surface area contributed by atoms with Crippen molar-refractivity contribution in [1.82, 2.24) is 0 Å². The lowest BCUT2D eigenvalue weighted by atomic mass is 10.1. The zero-order valence-corrected chi connectivity index (χ0v) is 8.20. The van der Waals surface area contributed by atoms with E-state index in [1.807, 2.05) is 0 Å². The molecule has 0 fully saturated rings. The molecular formula is C9H10FNO4. The molecule has 0 heterocycles. The molecule has 0 saturated carbocycles. The molecule has 0 bridgehead atoms. The van der Waals surface area contributed by atoms with Gasteiger partial charge in [-0.25, -0.2) is 9.18 Å². The second kappa shape index (κ2) is 4.04. The minimum absolute atomic E-state index is 0.208.